The number of rotatable bonds is 5. The lowest BCUT2D eigenvalue weighted by molar-refractivity contribution is -0.115. The fourth-order valence-corrected chi connectivity index (χ4v) is 4.63. The van der Waals surface area contributed by atoms with Gasteiger partial charge in [-0.15, -0.1) is 0 Å². The predicted octanol–water partition coefficient (Wildman–Crippen LogP) is 2.66. The summed E-state index contributed by atoms with van der Waals surface area (Å²) in [6.45, 7) is 3.04. The van der Waals surface area contributed by atoms with Crippen molar-refractivity contribution in [1.82, 2.24) is 19.7 Å². The Hall–Kier alpha value is -4.24. The van der Waals surface area contributed by atoms with E-state index >= 15 is 0 Å². The van der Waals surface area contributed by atoms with Crippen molar-refractivity contribution >= 4 is 29.0 Å². The molecule has 2 amide bonds. The fourth-order valence-electron chi connectivity index (χ4n) is 4.63. The maximum Gasteiger partial charge on any atom is 0.272 e. The van der Waals surface area contributed by atoms with Crippen molar-refractivity contribution in [3.05, 3.63) is 77.7 Å². The first-order valence-corrected chi connectivity index (χ1v) is 11.6. The summed E-state index contributed by atoms with van der Waals surface area (Å²) < 4.78 is 7.42. The summed E-state index contributed by atoms with van der Waals surface area (Å²) in [4.78, 5) is 36.9. The Morgan fingerprint density at radius 1 is 1.11 bits per heavy atom. The molecule has 4 heterocycles. The van der Waals surface area contributed by atoms with Crippen LogP contribution in [0, 0.1) is 0 Å². The Morgan fingerprint density at radius 3 is 2.77 bits per heavy atom. The number of carbonyl (C=O) groups is 2. The van der Waals surface area contributed by atoms with Crippen molar-refractivity contribution in [2.45, 2.75) is 13.0 Å². The van der Waals surface area contributed by atoms with Crippen LogP contribution in [-0.4, -0.2) is 52.5 Å². The second-order valence-electron chi connectivity index (χ2n) is 8.62. The van der Waals surface area contributed by atoms with Crippen molar-refractivity contribution in [1.29, 1.82) is 0 Å². The molecular weight excluding hydrogens is 444 g/mol. The number of imidazole rings is 1. The number of fused-ring (bicyclic) bond motifs is 2. The van der Waals surface area contributed by atoms with E-state index in [1.54, 1.807) is 6.20 Å². The van der Waals surface area contributed by atoms with Crippen LogP contribution in [0.4, 0.5) is 11.5 Å². The third kappa shape index (κ3) is 4.00. The van der Waals surface area contributed by atoms with Crippen LogP contribution in [0.1, 0.15) is 21.6 Å². The molecule has 9 heteroatoms. The van der Waals surface area contributed by atoms with E-state index in [1.165, 1.54) is 0 Å². The molecule has 1 fully saturated rings. The second-order valence-corrected chi connectivity index (χ2v) is 8.62. The van der Waals surface area contributed by atoms with Gasteiger partial charge < -0.3 is 20.3 Å². The Morgan fingerprint density at radius 2 is 1.94 bits per heavy atom. The molecule has 6 rings (SSSR count). The number of ether oxygens (including phenoxy) is 1. The number of amides is 2. The van der Waals surface area contributed by atoms with E-state index in [9.17, 15) is 9.59 Å². The Kier molecular flexibility index (Phi) is 5.38. The van der Waals surface area contributed by atoms with Crippen LogP contribution in [-0.2, 0) is 22.5 Å². The van der Waals surface area contributed by atoms with E-state index in [1.807, 2.05) is 59.1 Å². The smallest absolute Gasteiger partial charge is 0.272 e. The molecule has 0 unspecified atom stereocenters. The van der Waals surface area contributed by atoms with Crippen LogP contribution in [0.25, 0.3) is 16.9 Å². The quantitative estimate of drug-likeness (QED) is 0.467. The molecule has 0 radical (unpaired) electrons. The summed E-state index contributed by atoms with van der Waals surface area (Å²) in [6.07, 6.45) is 3.87. The predicted molar refractivity (Wildman–Crippen MR) is 131 cm³/mol. The largest absolute Gasteiger partial charge is 0.378 e. The van der Waals surface area contributed by atoms with E-state index in [2.05, 4.69) is 20.5 Å². The van der Waals surface area contributed by atoms with Crippen LogP contribution >= 0.6 is 0 Å². The average Bonchev–Trinajstić information content (AvgIpc) is 3.47. The van der Waals surface area contributed by atoms with Gasteiger partial charge in [0.05, 0.1) is 25.3 Å². The number of carbonyl (C=O) groups excluding carboxylic acids is 2. The van der Waals surface area contributed by atoms with Crippen LogP contribution in [0.3, 0.4) is 0 Å². The number of morpholine rings is 1. The zero-order chi connectivity index (χ0) is 23.8. The number of nitrogens with one attached hydrogen (secondary N) is 2. The number of aromatic nitrogens is 3. The molecule has 0 saturated carbocycles. The number of nitrogens with zero attached hydrogens (tertiary/aromatic N) is 4. The fraction of sp³-hybridized carbons (Fsp3) is 0.231. The van der Waals surface area contributed by atoms with E-state index in [4.69, 9.17) is 9.72 Å². The van der Waals surface area contributed by atoms with Crippen molar-refractivity contribution < 1.29 is 14.3 Å². The van der Waals surface area contributed by atoms with Gasteiger partial charge in [-0.2, -0.15) is 0 Å². The van der Waals surface area contributed by atoms with Crippen molar-refractivity contribution in [2.75, 3.05) is 36.5 Å². The molecule has 2 aromatic carbocycles. The normalized spacial score (nSPS) is 15.2. The van der Waals surface area contributed by atoms with Gasteiger partial charge in [-0.3, -0.25) is 14.0 Å². The lowest BCUT2D eigenvalue weighted by Crippen LogP contribution is -2.37. The second kappa shape index (κ2) is 8.84. The molecule has 0 bridgehead atoms. The molecule has 9 nitrogen and oxygen atoms in total. The van der Waals surface area contributed by atoms with Gasteiger partial charge in [0.25, 0.3) is 5.91 Å². The van der Waals surface area contributed by atoms with Gasteiger partial charge in [0.2, 0.25) is 5.91 Å². The minimum absolute atomic E-state index is 0.0325. The Bertz CT molecular complexity index is 1430. The third-order valence-electron chi connectivity index (χ3n) is 6.35. The van der Waals surface area contributed by atoms with Gasteiger partial charge >= 0.3 is 0 Å². The van der Waals surface area contributed by atoms with Gasteiger partial charge in [-0.25, -0.2) is 9.97 Å². The van der Waals surface area contributed by atoms with E-state index < -0.39 is 0 Å². The number of hydrogen-bond donors (Lipinski definition) is 2. The minimum Gasteiger partial charge on any atom is -0.378 e. The first-order valence-electron chi connectivity index (χ1n) is 11.6. The highest BCUT2D eigenvalue weighted by molar-refractivity contribution is 6.02. The number of hydrogen-bond acceptors (Lipinski definition) is 6. The zero-order valence-electron chi connectivity index (χ0n) is 19.0. The van der Waals surface area contributed by atoms with Crippen LogP contribution in [0.15, 0.2) is 60.9 Å². The molecule has 2 aromatic heterocycles. The Balaban J connectivity index is 1.45. The summed E-state index contributed by atoms with van der Waals surface area (Å²) in [5, 5.41) is 5.88. The van der Waals surface area contributed by atoms with Gasteiger partial charge in [0.1, 0.15) is 0 Å². The monoisotopic (exact) mass is 468 g/mol. The van der Waals surface area contributed by atoms with E-state index in [0.29, 0.717) is 56.3 Å². The molecular formula is C26H24N6O3. The van der Waals surface area contributed by atoms with Gasteiger partial charge in [0, 0.05) is 43.3 Å². The maximum atomic E-state index is 13.4. The average molecular weight is 469 g/mol. The van der Waals surface area contributed by atoms with Crippen molar-refractivity contribution in [3.8, 4) is 11.3 Å². The standard InChI is InChI=1S/C26H24N6O3/c33-21-15-19-14-18(6-7-20(19)29-21)23-22(26(34)28-16-17-4-2-1-3-5-17)30-25-24(27-8-9-32(23)25)31-10-12-35-13-11-31/h1-9,14H,10-13,15-16H2,(H,28,34)(H,29,33). The SMILES string of the molecule is O=C1Cc2cc(-c3c(C(=O)NCc4ccccc4)nc4c(N5CCOCC5)nccn34)ccc2N1. The van der Waals surface area contributed by atoms with Crippen molar-refractivity contribution in [3.63, 3.8) is 0 Å². The summed E-state index contributed by atoms with van der Waals surface area (Å²) in [7, 11) is 0. The molecule has 2 aliphatic rings. The molecule has 2 N–H and O–H groups in total. The molecule has 0 aliphatic carbocycles. The number of anilines is 2. The van der Waals surface area contributed by atoms with Gasteiger partial charge in [-0.05, 0) is 23.3 Å². The first kappa shape index (κ1) is 21.3. The molecule has 4 aromatic rings. The van der Waals surface area contributed by atoms with E-state index in [0.717, 1.165) is 28.2 Å². The highest BCUT2D eigenvalue weighted by atomic mass is 16.5. The van der Waals surface area contributed by atoms with Crippen molar-refractivity contribution in [2.24, 2.45) is 0 Å². The summed E-state index contributed by atoms with van der Waals surface area (Å²) in [5.41, 5.74) is 5.13. The third-order valence-corrected chi connectivity index (χ3v) is 6.35. The summed E-state index contributed by atoms with van der Waals surface area (Å²) in [5.74, 6) is 0.419. The van der Waals surface area contributed by atoms with Crippen LogP contribution in [0.2, 0.25) is 0 Å². The van der Waals surface area contributed by atoms with Gasteiger partial charge in [0.15, 0.2) is 17.2 Å². The summed E-state index contributed by atoms with van der Waals surface area (Å²) >= 11 is 0. The zero-order valence-corrected chi connectivity index (χ0v) is 19.0. The highest BCUT2D eigenvalue weighted by Gasteiger charge is 2.26. The molecule has 35 heavy (non-hydrogen) atoms. The lowest BCUT2D eigenvalue weighted by atomic mass is 10.0. The van der Waals surface area contributed by atoms with Crippen LogP contribution in [0.5, 0.6) is 0 Å². The van der Waals surface area contributed by atoms with E-state index in [-0.39, 0.29) is 11.8 Å². The molecule has 2 aliphatic heterocycles. The maximum absolute atomic E-state index is 13.4. The topological polar surface area (TPSA) is 101 Å². The lowest BCUT2D eigenvalue weighted by Gasteiger charge is -2.27. The number of benzene rings is 2. The summed E-state index contributed by atoms with van der Waals surface area (Å²) in [6, 6.07) is 15.5. The molecule has 1 saturated heterocycles. The molecule has 0 spiro atoms. The molecule has 0 atom stereocenters. The highest BCUT2D eigenvalue weighted by Crippen LogP contribution is 2.33. The Labute approximate surface area is 201 Å². The van der Waals surface area contributed by atoms with Gasteiger partial charge in [-0.1, -0.05) is 36.4 Å². The van der Waals surface area contributed by atoms with Crippen LogP contribution < -0.4 is 15.5 Å². The first-order chi connectivity index (χ1) is 17.2. The minimum atomic E-state index is -0.268. The molecule has 176 valence electrons.